The minimum absolute atomic E-state index is 0.0727. The van der Waals surface area contributed by atoms with Crippen molar-refractivity contribution in [1.29, 1.82) is 0 Å². The first-order chi connectivity index (χ1) is 25.1. The average molecular weight is 712 g/mol. The van der Waals surface area contributed by atoms with Crippen LogP contribution in [-0.2, 0) is 21.0 Å². The van der Waals surface area contributed by atoms with Crippen molar-refractivity contribution < 1.29 is 9.53 Å². The van der Waals surface area contributed by atoms with Crippen molar-refractivity contribution in [1.82, 2.24) is 0 Å². The Kier molecular flexibility index (Phi) is 10.8. The van der Waals surface area contributed by atoms with Crippen LogP contribution in [0.1, 0.15) is 161 Å². The second kappa shape index (κ2) is 14.8. The molecule has 3 heteroatoms. The highest BCUT2D eigenvalue weighted by Gasteiger charge is 2.53. The predicted molar refractivity (Wildman–Crippen MR) is 225 cm³/mol. The zero-order chi connectivity index (χ0) is 38.3. The van der Waals surface area contributed by atoms with E-state index in [0.29, 0.717) is 11.8 Å². The zero-order valence-electron chi connectivity index (χ0n) is 34.6. The molecule has 2 unspecified atom stereocenters. The molecule has 0 bridgehead atoms. The molecule has 1 N–H and O–H groups in total. The number of carbonyl (C=O) groups excluding carboxylic acids is 1. The number of benzene rings is 4. The largest absolute Gasteiger partial charge is 0.444 e. The molecule has 2 aliphatic carbocycles. The van der Waals surface area contributed by atoms with Gasteiger partial charge in [-0.2, -0.15) is 0 Å². The van der Waals surface area contributed by atoms with Gasteiger partial charge < -0.3 is 4.74 Å². The van der Waals surface area contributed by atoms with Gasteiger partial charge in [0.2, 0.25) is 0 Å². The smallest absolute Gasteiger partial charge is 0.412 e. The Bertz CT molecular complexity index is 1880. The van der Waals surface area contributed by atoms with E-state index in [2.05, 4.69) is 134 Å². The first-order valence-electron chi connectivity index (χ1n) is 20.6. The van der Waals surface area contributed by atoms with Gasteiger partial charge in [0.05, 0.1) is 11.1 Å². The summed E-state index contributed by atoms with van der Waals surface area (Å²) < 4.78 is 5.79. The molecule has 0 fully saturated rings. The lowest BCUT2D eigenvalue weighted by molar-refractivity contribution is 0.0636. The van der Waals surface area contributed by atoms with E-state index < -0.39 is 17.1 Å². The summed E-state index contributed by atoms with van der Waals surface area (Å²) in [6, 6.07) is 30.3. The first-order valence-corrected chi connectivity index (χ1v) is 20.6. The molecule has 0 radical (unpaired) electrons. The van der Waals surface area contributed by atoms with E-state index in [-0.39, 0.29) is 10.8 Å². The van der Waals surface area contributed by atoms with E-state index in [1.807, 2.05) is 26.8 Å². The van der Waals surface area contributed by atoms with E-state index in [0.717, 1.165) is 24.1 Å². The van der Waals surface area contributed by atoms with Crippen molar-refractivity contribution in [2.24, 2.45) is 11.8 Å². The standard InChI is InChI=1S/C50H65NO2/c1-12-48(10,29-17-19-33(3)4)35-25-27-37-38-28-26-36(49(11,13-2)30-18-20-34(5)6)32-43(38)50(42(37)31-35)40-22-15-14-21-39(40)45-41(50)23-16-24-44(45)51-46(52)53-47(7,8)9/h14-16,21-28,31-34H,12-13,17-20,29-30H2,1-11H3,(H,51,52). The van der Waals surface area contributed by atoms with Crippen molar-refractivity contribution in [3.63, 3.8) is 0 Å². The number of nitrogens with one attached hydrogen (secondary N) is 1. The number of amides is 1. The Morgan fingerprint density at radius 2 is 1.15 bits per heavy atom. The lowest BCUT2D eigenvalue weighted by atomic mass is 9.67. The third-order valence-electron chi connectivity index (χ3n) is 12.8. The molecule has 2 aliphatic rings. The van der Waals surface area contributed by atoms with Gasteiger partial charge in [-0.3, -0.25) is 5.32 Å². The maximum absolute atomic E-state index is 13.3. The minimum atomic E-state index is -0.598. The normalized spacial score (nSPS) is 18.0. The molecule has 1 spiro atoms. The maximum atomic E-state index is 13.3. The minimum Gasteiger partial charge on any atom is -0.444 e. The van der Waals surface area contributed by atoms with Crippen LogP contribution >= 0.6 is 0 Å². The van der Waals surface area contributed by atoms with Gasteiger partial charge in [-0.15, -0.1) is 0 Å². The molecule has 282 valence electrons. The SMILES string of the molecule is CCC(C)(CCCC(C)C)c1ccc2c(c1)C1(c3cc(C(C)(CC)CCCC(C)C)ccc3-2)c2ccccc2-c2c(NC(=O)OC(C)(C)C)cccc21. The van der Waals surface area contributed by atoms with Gasteiger partial charge in [-0.1, -0.05) is 154 Å². The van der Waals surface area contributed by atoms with Crippen LogP contribution in [0.5, 0.6) is 0 Å². The molecular formula is C50H65NO2. The fourth-order valence-electron chi connectivity index (χ4n) is 9.35. The molecule has 0 saturated heterocycles. The Labute approximate surface area is 321 Å². The molecule has 4 aromatic carbocycles. The Morgan fingerprint density at radius 3 is 1.64 bits per heavy atom. The summed E-state index contributed by atoms with van der Waals surface area (Å²) in [6.07, 6.45) is 9.06. The molecule has 0 saturated carbocycles. The Morgan fingerprint density at radius 1 is 0.642 bits per heavy atom. The zero-order valence-corrected chi connectivity index (χ0v) is 34.6. The fraction of sp³-hybridized carbons (Fsp3) is 0.500. The highest BCUT2D eigenvalue weighted by molar-refractivity contribution is 6.01. The Hall–Kier alpha value is -3.85. The predicted octanol–water partition coefficient (Wildman–Crippen LogP) is 14.4. The third-order valence-corrected chi connectivity index (χ3v) is 12.8. The molecule has 3 nitrogen and oxygen atoms in total. The summed E-state index contributed by atoms with van der Waals surface area (Å²) in [7, 11) is 0. The van der Waals surface area contributed by atoms with Crippen LogP contribution in [-0.4, -0.2) is 11.7 Å². The topological polar surface area (TPSA) is 38.3 Å². The molecule has 1 amide bonds. The van der Waals surface area contributed by atoms with Gasteiger partial charge in [0.1, 0.15) is 5.60 Å². The van der Waals surface area contributed by atoms with Gasteiger partial charge in [-0.25, -0.2) is 4.79 Å². The average Bonchev–Trinajstić information content (AvgIpc) is 3.57. The summed E-state index contributed by atoms with van der Waals surface area (Å²) in [5, 5.41) is 3.19. The number of hydrogen-bond donors (Lipinski definition) is 1. The van der Waals surface area contributed by atoms with Crippen LogP contribution in [0.2, 0.25) is 0 Å². The van der Waals surface area contributed by atoms with Crippen molar-refractivity contribution >= 4 is 11.8 Å². The van der Waals surface area contributed by atoms with Crippen LogP contribution in [0.15, 0.2) is 78.9 Å². The lowest BCUT2D eigenvalue weighted by Crippen LogP contribution is -2.29. The molecule has 2 atom stereocenters. The molecule has 6 rings (SSSR count). The number of fused-ring (bicyclic) bond motifs is 10. The van der Waals surface area contributed by atoms with Crippen molar-refractivity contribution in [2.45, 2.75) is 149 Å². The summed E-state index contributed by atoms with van der Waals surface area (Å²) in [6.45, 7) is 24.8. The number of carbonyl (C=O) groups is 1. The van der Waals surface area contributed by atoms with E-state index in [9.17, 15) is 4.79 Å². The lowest BCUT2D eigenvalue weighted by Gasteiger charge is -2.35. The number of anilines is 1. The molecule has 53 heavy (non-hydrogen) atoms. The monoisotopic (exact) mass is 712 g/mol. The van der Waals surface area contributed by atoms with Crippen LogP contribution in [0, 0.1) is 11.8 Å². The molecule has 0 heterocycles. The second-order valence-electron chi connectivity index (χ2n) is 18.6. The van der Waals surface area contributed by atoms with Crippen LogP contribution in [0.4, 0.5) is 10.5 Å². The summed E-state index contributed by atoms with van der Waals surface area (Å²) >= 11 is 0. The van der Waals surface area contributed by atoms with E-state index >= 15 is 0 Å². The highest BCUT2D eigenvalue weighted by atomic mass is 16.6. The summed E-state index contributed by atoms with van der Waals surface area (Å²) in [4.78, 5) is 13.3. The van der Waals surface area contributed by atoms with E-state index in [4.69, 9.17) is 4.74 Å². The number of ether oxygens (including phenoxy) is 1. The quantitative estimate of drug-likeness (QED) is 0.129. The van der Waals surface area contributed by atoms with Gasteiger partial charge in [0.15, 0.2) is 0 Å². The molecule has 4 aromatic rings. The highest BCUT2D eigenvalue weighted by Crippen LogP contribution is 2.64. The van der Waals surface area contributed by atoms with E-state index in [1.54, 1.807) is 0 Å². The fourth-order valence-corrected chi connectivity index (χ4v) is 9.35. The number of hydrogen-bond acceptors (Lipinski definition) is 2. The van der Waals surface area contributed by atoms with E-state index in [1.165, 1.54) is 88.6 Å². The summed E-state index contributed by atoms with van der Waals surface area (Å²) in [5.41, 5.74) is 12.8. The van der Waals surface area contributed by atoms with Gasteiger partial charge in [0.25, 0.3) is 0 Å². The van der Waals surface area contributed by atoms with Crippen LogP contribution in [0.3, 0.4) is 0 Å². The first kappa shape index (κ1) is 38.9. The Balaban J connectivity index is 1.61. The molecular weight excluding hydrogens is 647 g/mol. The van der Waals surface area contributed by atoms with Gasteiger partial charge in [-0.05, 0) is 125 Å². The van der Waals surface area contributed by atoms with Crippen molar-refractivity contribution in [3.05, 3.63) is 112 Å². The maximum Gasteiger partial charge on any atom is 0.412 e. The molecule has 0 aromatic heterocycles. The molecule has 0 aliphatic heterocycles. The van der Waals surface area contributed by atoms with Crippen LogP contribution < -0.4 is 5.32 Å². The summed E-state index contributed by atoms with van der Waals surface area (Å²) in [5.74, 6) is 1.41. The van der Waals surface area contributed by atoms with Gasteiger partial charge >= 0.3 is 6.09 Å². The van der Waals surface area contributed by atoms with Crippen molar-refractivity contribution in [3.8, 4) is 22.3 Å². The second-order valence-corrected chi connectivity index (χ2v) is 18.6. The van der Waals surface area contributed by atoms with Crippen molar-refractivity contribution in [2.75, 3.05) is 5.32 Å². The van der Waals surface area contributed by atoms with Crippen LogP contribution in [0.25, 0.3) is 22.3 Å². The number of rotatable bonds is 13. The van der Waals surface area contributed by atoms with Gasteiger partial charge in [0, 0.05) is 5.56 Å². The third kappa shape index (κ3) is 7.10.